The number of carbonyl (C=O) groups is 2. The van der Waals surface area contributed by atoms with E-state index in [9.17, 15) is 9.59 Å². The lowest BCUT2D eigenvalue weighted by atomic mass is 9.63. The van der Waals surface area contributed by atoms with E-state index in [2.05, 4.69) is 12.1 Å². The number of hydrogen-bond donors (Lipinski definition) is 0. The molecule has 140 valence electrons. The molecular formula is C21H28N2O3. The number of ether oxygens (including phenoxy) is 1. The van der Waals surface area contributed by atoms with E-state index in [0.29, 0.717) is 39.4 Å². The van der Waals surface area contributed by atoms with Crippen LogP contribution in [0.1, 0.15) is 37.7 Å². The summed E-state index contributed by atoms with van der Waals surface area (Å²) in [5, 5.41) is 0. The van der Waals surface area contributed by atoms with Crippen LogP contribution < -0.4 is 0 Å². The molecule has 1 saturated carbocycles. The molecule has 5 nitrogen and oxygen atoms in total. The van der Waals surface area contributed by atoms with Crippen LogP contribution in [-0.2, 0) is 19.7 Å². The highest BCUT2D eigenvalue weighted by Gasteiger charge is 2.48. The monoisotopic (exact) mass is 356 g/mol. The molecule has 0 radical (unpaired) electrons. The number of piperidine rings is 1. The van der Waals surface area contributed by atoms with Crippen LogP contribution in [0.2, 0.25) is 0 Å². The zero-order valence-electron chi connectivity index (χ0n) is 15.4. The van der Waals surface area contributed by atoms with E-state index < -0.39 is 0 Å². The number of carbonyl (C=O) groups excluding carboxylic acids is 2. The summed E-state index contributed by atoms with van der Waals surface area (Å²) in [5.41, 5.74) is 0.838. The van der Waals surface area contributed by atoms with Crippen LogP contribution in [0.3, 0.4) is 0 Å². The van der Waals surface area contributed by atoms with E-state index in [0.717, 1.165) is 37.7 Å². The van der Waals surface area contributed by atoms with Crippen LogP contribution in [0.4, 0.5) is 0 Å². The predicted molar refractivity (Wildman–Crippen MR) is 98.7 cm³/mol. The van der Waals surface area contributed by atoms with Crippen molar-refractivity contribution in [1.82, 2.24) is 9.80 Å². The number of likely N-dealkylation sites (tertiary alicyclic amines) is 1. The summed E-state index contributed by atoms with van der Waals surface area (Å²) in [6, 6.07) is 10.2. The van der Waals surface area contributed by atoms with E-state index in [1.165, 1.54) is 0 Å². The first-order valence-corrected chi connectivity index (χ1v) is 9.92. The van der Waals surface area contributed by atoms with Gasteiger partial charge < -0.3 is 14.5 Å². The number of morpholine rings is 1. The molecule has 2 amide bonds. The molecular weight excluding hydrogens is 328 g/mol. The van der Waals surface area contributed by atoms with E-state index in [1.807, 2.05) is 28.0 Å². The van der Waals surface area contributed by atoms with Crippen molar-refractivity contribution in [3.8, 4) is 0 Å². The topological polar surface area (TPSA) is 49.9 Å². The second-order valence-electron chi connectivity index (χ2n) is 7.81. The van der Waals surface area contributed by atoms with E-state index >= 15 is 0 Å². The third kappa shape index (κ3) is 3.13. The Labute approximate surface area is 155 Å². The number of nitrogens with zero attached hydrogens (tertiary/aromatic N) is 2. The predicted octanol–water partition coefficient (Wildman–Crippen LogP) is 2.21. The zero-order valence-corrected chi connectivity index (χ0v) is 15.4. The Balaban J connectivity index is 1.38. The maximum Gasteiger partial charge on any atom is 0.233 e. The molecule has 0 spiro atoms. The minimum atomic E-state index is -0.317. The molecule has 1 aromatic rings. The van der Waals surface area contributed by atoms with Crippen molar-refractivity contribution >= 4 is 11.8 Å². The second kappa shape index (κ2) is 7.39. The molecule has 4 rings (SSSR count). The van der Waals surface area contributed by atoms with E-state index in [1.54, 1.807) is 0 Å². The molecule has 2 aliphatic heterocycles. The first-order chi connectivity index (χ1) is 12.7. The fourth-order valence-electron chi connectivity index (χ4n) is 4.59. The molecule has 3 fully saturated rings. The second-order valence-corrected chi connectivity index (χ2v) is 7.81. The van der Waals surface area contributed by atoms with E-state index in [4.69, 9.17) is 4.74 Å². The third-order valence-corrected chi connectivity index (χ3v) is 6.40. The van der Waals surface area contributed by atoms with Gasteiger partial charge in [-0.3, -0.25) is 9.59 Å². The van der Waals surface area contributed by atoms with Crippen molar-refractivity contribution in [3.05, 3.63) is 35.9 Å². The molecule has 0 N–H and O–H groups in total. The summed E-state index contributed by atoms with van der Waals surface area (Å²) in [4.78, 5) is 29.9. The highest BCUT2D eigenvalue weighted by atomic mass is 16.5. The SMILES string of the molecule is O=C(C1CCN(C(=O)C2(c3ccccc3)CCC2)CC1)N1CCOCC1. The molecule has 0 aromatic heterocycles. The summed E-state index contributed by atoms with van der Waals surface area (Å²) in [6.45, 7) is 4.10. The largest absolute Gasteiger partial charge is 0.378 e. The molecule has 1 aromatic carbocycles. The molecule has 0 unspecified atom stereocenters. The van der Waals surface area contributed by atoms with Gasteiger partial charge in [-0.15, -0.1) is 0 Å². The maximum absolute atomic E-state index is 13.3. The van der Waals surface area contributed by atoms with Crippen LogP contribution in [0, 0.1) is 5.92 Å². The summed E-state index contributed by atoms with van der Waals surface area (Å²) in [5.74, 6) is 0.584. The van der Waals surface area contributed by atoms with Crippen molar-refractivity contribution in [1.29, 1.82) is 0 Å². The first kappa shape index (κ1) is 17.5. The Morgan fingerprint density at radius 1 is 0.923 bits per heavy atom. The molecule has 1 aliphatic carbocycles. The molecule has 2 heterocycles. The van der Waals surface area contributed by atoms with Crippen LogP contribution >= 0.6 is 0 Å². The summed E-state index contributed by atoms with van der Waals surface area (Å²) in [6.07, 6.45) is 4.58. The Bertz CT molecular complexity index is 642. The number of benzene rings is 1. The highest BCUT2D eigenvalue weighted by molar-refractivity contribution is 5.89. The summed E-state index contributed by atoms with van der Waals surface area (Å²) < 4.78 is 5.34. The molecule has 3 aliphatic rings. The van der Waals surface area contributed by atoms with Gasteiger partial charge in [-0.1, -0.05) is 36.8 Å². The smallest absolute Gasteiger partial charge is 0.233 e. The van der Waals surface area contributed by atoms with Gasteiger partial charge >= 0.3 is 0 Å². The number of hydrogen-bond acceptors (Lipinski definition) is 3. The average Bonchev–Trinajstić information content (AvgIpc) is 2.68. The van der Waals surface area contributed by atoms with Crippen LogP contribution in [0.5, 0.6) is 0 Å². The highest BCUT2D eigenvalue weighted by Crippen LogP contribution is 2.45. The van der Waals surface area contributed by atoms with Crippen LogP contribution in [-0.4, -0.2) is 61.0 Å². The minimum absolute atomic E-state index is 0.0613. The van der Waals surface area contributed by atoms with Gasteiger partial charge in [0.1, 0.15) is 0 Å². The normalized spacial score (nSPS) is 23.4. The Morgan fingerprint density at radius 3 is 2.15 bits per heavy atom. The quantitative estimate of drug-likeness (QED) is 0.834. The first-order valence-electron chi connectivity index (χ1n) is 9.92. The fraction of sp³-hybridized carbons (Fsp3) is 0.619. The van der Waals surface area contributed by atoms with Crippen molar-refractivity contribution < 1.29 is 14.3 Å². The van der Waals surface area contributed by atoms with Crippen molar-refractivity contribution in [2.75, 3.05) is 39.4 Å². The lowest BCUT2D eigenvalue weighted by Gasteiger charge is -2.45. The van der Waals surface area contributed by atoms with Crippen molar-refractivity contribution in [2.45, 2.75) is 37.5 Å². The lowest BCUT2D eigenvalue weighted by Crippen LogP contribution is -2.54. The fourth-order valence-corrected chi connectivity index (χ4v) is 4.59. The number of amides is 2. The van der Waals surface area contributed by atoms with Gasteiger partial charge in [-0.05, 0) is 31.2 Å². The Morgan fingerprint density at radius 2 is 1.58 bits per heavy atom. The molecule has 5 heteroatoms. The third-order valence-electron chi connectivity index (χ3n) is 6.40. The summed E-state index contributed by atoms with van der Waals surface area (Å²) in [7, 11) is 0. The Kier molecular flexibility index (Phi) is 4.98. The molecule has 2 saturated heterocycles. The van der Waals surface area contributed by atoms with Gasteiger partial charge in [0.2, 0.25) is 11.8 Å². The van der Waals surface area contributed by atoms with Gasteiger partial charge in [0.15, 0.2) is 0 Å². The van der Waals surface area contributed by atoms with Gasteiger partial charge in [0, 0.05) is 32.1 Å². The standard InChI is InChI=1S/C21H28N2O3/c24-19(22-13-15-26-16-14-22)17-7-11-23(12-8-17)20(25)21(9-4-10-21)18-5-2-1-3-6-18/h1-3,5-6,17H,4,7-16H2. The van der Waals surface area contributed by atoms with Gasteiger partial charge in [-0.2, -0.15) is 0 Å². The zero-order chi connectivity index (χ0) is 18.0. The maximum atomic E-state index is 13.3. The van der Waals surface area contributed by atoms with Crippen molar-refractivity contribution in [2.24, 2.45) is 5.92 Å². The minimum Gasteiger partial charge on any atom is -0.378 e. The Hall–Kier alpha value is -1.88. The van der Waals surface area contributed by atoms with Crippen LogP contribution in [0.15, 0.2) is 30.3 Å². The lowest BCUT2D eigenvalue weighted by molar-refractivity contribution is -0.147. The van der Waals surface area contributed by atoms with Crippen LogP contribution in [0.25, 0.3) is 0 Å². The molecule has 0 bridgehead atoms. The van der Waals surface area contributed by atoms with Gasteiger partial charge in [0.05, 0.1) is 18.6 Å². The van der Waals surface area contributed by atoms with Gasteiger partial charge in [-0.25, -0.2) is 0 Å². The average molecular weight is 356 g/mol. The molecule has 0 atom stereocenters. The number of rotatable bonds is 3. The van der Waals surface area contributed by atoms with E-state index in [-0.39, 0.29) is 23.1 Å². The van der Waals surface area contributed by atoms with Crippen molar-refractivity contribution in [3.63, 3.8) is 0 Å². The molecule has 26 heavy (non-hydrogen) atoms. The van der Waals surface area contributed by atoms with Gasteiger partial charge in [0.25, 0.3) is 0 Å². The summed E-state index contributed by atoms with van der Waals surface area (Å²) >= 11 is 0.